The van der Waals surface area contributed by atoms with Gasteiger partial charge in [-0.3, -0.25) is 0 Å². The minimum atomic E-state index is 0.447. The number of aromatic nitrogens is 1. The van der Waals surface area contributed by atoms with Gasteiger partial charge in [-0.2, -0.15) is 0 Å². The van der Waals surface area contributed by atoms with E-state index in [0.717, 1.165) is 20.4 Å². The van der Waals surface area contributed by atoms with Crippen molar-refractivity contribution in [3.05, 3.63) is 51.0 Å². The summed E-state index contributed by atoms with van der Waals surface area (Å²) in [6.07, 6.45) is 1.85. The van der Waals surface area contributed by atoms with Gasteiger partial charge in [0.05, 0.1) is 0 Å². The molecule has 2 aromatic heterocycles. The summed E-state index contributed by atoms with van der Waals surface area (Å²) in [5.41, 5.74) is 1.55. The van der Waals surface area contributed by atoms with Gasteiger partial charge in [-0.1, -0.05) is 23.7 Å². The molecule has 90 valence electrons. The van der Waals surface area contributed by atoms with Crippen LogP contribution >= 0.6 is 38.9 Å². The van der Waals surface area contributed by atoms with E-state index in [4.69, 9.17) is 16.0 Å². The molecule has 1 aromatic carbocycles. The second-order valence-electron chi connectivity index (χ2n) is 3.65. The van der Waals surface area contributed by atoms with Crippen LogP contribution in [0, 0.1) is 0 Å². The molecule has 0 fully saturated rings. The Morgan fingerprint density at radius 3 is 2.94 bits per heavy atom. The highest BCUT2D eigenvalue weighted by atomic mass is 79.9. The van der Waals surface area contributed by atoms with Crippen molar-refractivity contribution >= 4 is 61.1 Å². The lowest BCUT2D eigenvalue weighted by Gasteiger charge is -1.90. The van der Waals surface area contributed by atoms with Crippen LogP contribution in [0.1, 0.15) is 10.8 Å². The minimum absolute atomic E-state index is 0.447. The highest BCUT2D eigenvalue weighted by molar-refractivity contribution is 9.10. The van der Waals surface area contributed by atoms with E-state index in [1.165, 1.54) is 0 Å². The number of benzene rings is 1. The lowest BCUT2D eigenvalue weighted by molar-refractivity contribution is 0.588. The second-order valence-corrected chi connectivity index (χ2v) is 5.91. The number of para-hydroxylation sites is 2. The summed E-state index contributed by atoms with van der Waals surface area (Å²) < 4.78 is 6.63. The van der Waals surface area contributed by atoms with E-state index in [-0.39, 0.29) is 0 Å². The molecule has 0 amide bonds. The zero-order chi connectivity index (χ0) is 12.5. The highest BCUT2D eigenvalue weighted by Gasteiger charge is 2.08. The van der Waals surface area contributed by atoms with Crippen LogP contribution in [0.15, 0.2) is 44.6 Å². The van der Waals surface area contributed by atoms with E-state index in [2.05, 4.69) is 20.9 Å². The van der Waals surface area contributed by atoms with Gasteiger partial charge in [0.15, 0.2) is 5.58 Å². The molecule has 0 bridgehead atoms. The molecule has 3 aromatic rings. The Labute approximate surface area is 121 Å². The molecule has 0 unspecified atom stereocenters. The lowest BCUT2D eigenvalue weighted by Crippen LogP contribution is -1.74. The van der Waals surface area contributed by atoms with Crippen LogP contribution in [0.3, 0.4) is 0 Å². The van der Waals surface area contributed by atoms with Gasteiger partial charge in [-0.15, -0.1) is 11.3 Å². The van der Waals surface area contributed by atoms with E-state index >= 15 is 0 Å². The van der Waals surface area contributed by atoms with E-state index in [1.807, 2.05) is 41.8 Å². The fourth-order valence-corrected chi connectivity index (χ4v) is 3.20. The normalized spacial score (nSPS) is 12.2. The smallest absolute Gasteiger partial charge is 0.238 e. The summed E-state index contributed by atoms with van der Waals surface area (Å²) in [4.78, 5) is 5.39. The summed E-state index contributed by atoms with van der Waals surface area (Å²) in [5.74, 6) is 0.447. The van der Waals surface area contributed by atoms with E-state index in [0.29, 0.717) is 10.9 Å². The van der Waals surface area contributed by atoms with Crippen LogP contribution in [0.2, 0.25) is 0 Å². The fourth-order valence-electron chi connectivity index (χ4n) is 1.56. The SMILES string of the molecule is Cl/C(=C\c1cc(Br)cs1)c1nc2ccccc2o1. The summed E-state index contributed by atoms with van der Waals surface area (Å²) in [5, 5.41) is 2.50. The molecule has 2 heterocycles. The van der Waals surface area contributed by atoms with Gasteiger partial charge in [0.25, 0.3) is 0 Å². The standard InChI is InChI=1S/C13H7BrClNOS/c14-8-5-9(18-7-8)6-10(15)13-16-11-3-1-2-4-12(11)17-13/h1-7H/b10-6-. The van der Waals surface area contributed by atoms with Crippen LogP contribution < -0.4 is 0 Å². The van der Waals surface area contributed by atoms with E-state index in [9.17, 15) is 0 Å². The number of hydrogen-bond donors (Lipinski definition) is 0. The molecule has 0 aliphatic carbocycles. The molecule has 0 saturated heterocycles. The fraction of sp³-hybridized carbons (Fsp3) is 0. The zero-order valence-electron chi connectivity index (χ0n) is 9.06. The predicted octanol–water partition coefficient (Wildman–Crippen LogP) is 5.39. The maximum atomic E-state index is 6.22. The number of hydrogen-bond acceptors (Lipinski definition) is 3. The quantitative estimate of drug-likeness (QED) is 0.625. The van der Waals surface area contributed by atoms with Crippen molar-refractivity contribution in [2.75, 3.05) is 0 Å². The highest BCUT2D eigenvalue weighted by Crippen LogP contribution is 2.28. The van der Waals surface area contributed by atoms with Crippen molar-refractivity contribution in [2.24, 2.45) is 0 Å². The third kappa shape index (κ3) is 2.36. The van der Waals surface area contributed by atoms with Crippen LogP contribution in [0.4, 0.5) is 0 Å². The Balaban J connectivity index is 2.01. The third-order valence-corrected chi connectivity index (χ3v) is 4.27. The number of oxazole rings is 1. The molecular formula is C13H7BrClNOS. The minimum Gasteiger partial charge on any atom is -0.435 e. The van der Waals surface area contributed by atoms with Crippen LogP contribution in [-0.2, 0) is 0 Å². The summed E-state index contributed by atoms with van der Waals surface area (Å²) in [7, 11) is 0. The van der Waals surface area contributed by atoms with Crippen molar-refractivity contribution in [3.8, 4) is 0 Å². The number of fused-ring (bicyclic) bond motifs is 1. The molecule has 0 radical (unpaired) electrons. The van der Waals surface area contributed by atoms with Crippen molar-refractivity contribution in [2.45, 2.75) is 0 Å². The van der Waals surface area contributed by atoms with Crippen molar-refractivity contribution in [3.63, 3.8) is 0 Å². The Morgan fingerprint density at radius 2 is 2.22 bits per heavy atom. The molecule has 0 aliphatic heterocycles. The molecule has 2 nitrogen and oxygen atoms in total. The Morgan fingerprint density at radius 1 is 1.39 bits per heavy atom. The first-order valence-electron chi connectivity index (χ1n) is 5.19. The predicted molar refractivity (Wildman–Crippen MR) is 79.8 cm³/mol. The van der Waals surface area contributed by atoms with Gasteiger partial charge in [-0.05, 0) is 40.2 Å². The summed E-state index contributed by atoms with van der Waals surface area (Å²) >= 11 is 11.2. The molecule has 0 spiro atoms. The lowest BCUT2D eigenvalue weighted by atomic mass is 10.3. The molecule has 0 aliphatic rings. The monoisotopic (exact) mass is 339 g/mol. The van der Waals surface area contributed by atoms with Crippen LogP contribution in [0.5, 0.6) is 0 Å². The maximum absolute atomic E-state index is 6.22. The molecule has 18 heavy (non-hydrogen) atoms. The topological polar surface area (TPSA) is 26.0 Å². The number of nitrogens with zero attached hydrogens (tertiary/aromatic N) is 1. The van der Waals surface area contributed by atoms with Gasteiger partial charge < -0.3 is 4.42 Å². The maximum Gasteiger partial charge on any atom is 0.238 e. The molecule has 0 N–H and O–H groups in total. The van der Waals surface area contributed by atoms with Gasteiger partial charge in [-0.25, -0.2) is 4.98 Å². The van der Waals surface area contributed by atoms with Crippen LogP contribution in [-0.4, -0.2) is 4.98 Å². The van der Waals surface area contributed by atoms with Gasteiger partial charge in [0, 0.05) is 14.7 Å². The average Bonchev–Trinajstić information content (AvgIpc) is 2.95. The van der Waals surface area contributed by atoms with Crippen LogP contribution in [0.25, 0.3) is 22.2 Å². The largest absolute Gasteiger partial charge is 0.435 e. The van der Waals surface area contributed by atoms with Crippen molar-refractivity contribution in [1.82, 2.24) is 4.98 Å². The third-order valence-electron chi connectivity index (χ3n) is 2.35. The average molecular weight is 341 g/mol. The first-order valence-corrected chi connectivity index (χ1v) is 7.24. The molecular weight excluding hydrogens is 334 g/mol. The number of thiophene rings is 1. The van der Waals surface area contributed by atoms with Gasteiger partial charge in [0.1, 0.15) is 10.5 Å². The first kappa shape index (κ1) is 12.0. The van der Waals surface area contributed by atoms with Gasteiger partial charge in [0.2, 0.25) is 5.89 Å². The van der Waals surface area contributed by atoms with Gasteiger partial charge >= 0.3 is 0 Å². The molecule has 3 rings (SSSR count). The summed E-state index contributed by atoms with van der Waals surface area (Å²) in [6.45, 7) is 0. The van der Waals surface area contributed by atoms with Crippen molar-refractivity contribution in [1.29, 1.82) is 0 Å². The second kappa shape index (κ2) is 4.88. The first-order chi connectivity index (χ1) is 8.72. The summed E-state index contributed by atoms with van der Waals surface area (Å²) in [6, 6.07) is 9.59. The van der Waals surface area contributed by atoms with E-state index in [1.54, 1.807) is 11.3 Å². The molecule has 5 heteroatoms. The number of rotatable bonds is 2. The molecule has 0 atom stereocenters. The molecule has 0 saturated carbocycles. The Bertz CT molecular complexity index is 698. The van der Waals surface area contributed by atoms with Crippen molar-refractivity contribution < 1.29 is 4.42 Å². The zero-order valence-corrected chi connectivity index (χ0v) is 12.2. The van der Waals surface area contributed by atoms with E-state index < -0.39 is 0 Å². The Hall–Kier alpha value is -1.10. The number of halogens is 2. The Kier molecular flexibility index (Phi) is 3.24.